The summed E-state index contributed by atoms with van der Waals surface area (Å²) >= 11 is 0. The Balaban J connectivity index is 1.88. The van der Waals surface area contributed by atoms with Crippen LogP contribution in [0.4, 0.5) is 0 Å². The number of epoxide rings is 1. The molecule has 2 atom stereocenters. The normalized spacial score (nSPS) is 17.0. The van der Waals surface area contributed by atoms with E-state index in [1.165, 1.54) is 64.2 Å². The minimum absolute atomic E-state index is 0.00235. The molecule has 1 N–H and O–H groups in total. The fourth-order valence-electron chi connectivity index (χ4n) is 3.07. The Morgan fingerprint density at radius 3 is 2.16 bits per heavy atom. The molecule has 1 rings (SSSR count). The molecule has 0 aliphatic carbocycles. The maximum Gasteiger partial charge on any atom is 0.446 e. The summed E-state index contributed by atoms with van der Waals surface area (Å²) in [6.07, 6.45) is 15.6. The van der Waals surface area contributed by atoms with Crippen LogP contribution in [0.2, 0.25) is 0 Å². The second-order valence-electron chi connectivity index (χ2n) is 7.56. The number of ether oxygens (including phenoxy) is 1. The zero-order valence-corrected chi connectivity index (χ0v) is 19.7. The minimum atomic E-state index is -4.59. The van der Waals surface area contributed by atoms with Crippen LogP contribution in [0, 0.1) is 5.92 Å². The van der Waals surface area contributed by atoms with Crippen molar-refractivity contribution in [1.29, 1.82) is 0 Å². The second-order valence-corrected chi connectivity index (χ2v) is 8.61. The van der Waals surface area contributed by atoms with E-state index in [1.807, 2.05) is 0 Å². The Morgan fingerprint density at radius 2 is 1.53 bits per heavy atom. The molecule has 0 radical (unpaired) electrons. The van der Waals surface area contributed by atoms with Gasteiger partial charge in [0, 0.05) is 11.0 Å². The van der Waals surface area contributed by atoms with E-state index in [0.29, 0.717) is 25.0 Å². The molecule has 1 aliphatic rings. The fourth-order valence-corrected chi connectivity index (χ4v) is 3.25. The van der Waals surface area contributed by atoms with Crippen molar-refractivity contribution >= 4 is 10.4 Å². The van der Waals surface area contributed by atoms with Gasteiger partial charge in [0.15, 0.2) is 6.26 Å². The first kappa shape index (κ1) is 29.0. The highest BCUT2D eigenvalue weighted by molar-refractivity contribution is 7.81. The number of rotatable bonds is 24. The van der Waals surface area contributed by atoms with Gasteiger partial charge in [-0.15, -0.1) is 0 Å². The first-order valence-corrected chi connectivity index (χ1v) is 12.7. The van der Waals surface area contributed by atoms with Gasteiger partial charge >= 0.3 is 10.4 Å². The summed E-state index contributed by atoms with van der Waals surface area (Å²) in [7, 11) is -4.59. The SMILES string of the molecule is CCCCCCCCCCCCC(COOCCOOOO/C=C/OS(=O)(=O)O)C1CO1. The van der Waals surface area contributed by atoms with E-state index in [2.05, 4.69) is 31.0 Å². The van der Waals surface area contributed by atoms with Crippen molar-refractivity contribution in [2.24, 2.45) is 5.92 Å². The van der Waals surface area contributed by atoms with E-state index in [4.69, 9.17) is 19.1 Å². The van der Waals surface area contributed by atoms with Crippen LogP contribution in [-0.4, -0.2) is 45.5 Å². The van der Waals surface area contributed by atoms with Crippen LogP contribution in [0.3, 0.4) is 0 Å². The molecular formula is C20H38O11S. The number of unbranched alkanes of at least 4 members (excludes halogenated alkanes) is 9. The molecule has 0 saturated carbocycles. The fraction of sp³-hybridized carbons (Fsp3) is 0.900. The molecule has 0 aromatic rings. The number of hydrogen-bond donors (Lipinski definition) is 1. The molecule has 0 bridgehead atoms. The summed E-state index contributed by atoms with van der Waals surface area (Å²) in [5.74, 6) is 0.328. The van der Waals surface area contributed by atoms with Gasteiger partial charge in [-0.3, -0.25) is 4.55 Å². The van der Waals surface area contributed by atoms with Crippen molar-refractivity contribution in [3.05, 3.63) is 12.5 Å². The summed E-state index contributed by atoms with van der Waals surface area (Å²) in [5, 5.41) is 8.22. The molecule has 0 amide bonds. The smallest absolute Gasteiger partial charge is 0.373 e. The lowest BCUT2D eigenvalue weighted by molar-refractivity contribution is -0.623. The van der Waals surface area contributed by atoms with Crippen LogP contribution in [-0.2, 0) is 48.9 Å². The summed E-state index contributed by atoms with van der Waals surface area (Å²) < 4.78 is 37.9. The third-order valence-corrected chi connectivity index (χ3v) is 5.19. The molecule has 2 unspecified atom stereocenters. The summed E-state index contributed by atoms with van der Waals surface area (Å²) in [4.78, 5) is 19.0. The molecule has 12 heteroatoms. The van der Waals surface area contributed by atoms with Crippen LogP contribution in [0.1, 0.15) is 77.6 Å². The predicted octanol–water partition coefficient (Wildman–Crippen LogP) is 4.36. The zero-order chi connectivity index (χ0) is 23.3. The molecule has 1 heterocycles. The highest BCUT2D eigenvalue weighted by Crippen LogP contribution is 2.26. The molecule has 0 spiro atoms. The summed E-state index contributed by atoms with van der Waals surface area (Å²) in [6, 6.07) is 0. The summed E-state index contributed by atoms with van der Waals surface area (Å²) in [5.41, 5.74) is 0. The van der Waals surface area contributed by atoms with Gasteiger partial charge in [0.2, 0.25) is 0 Å². The molecular weight excluding hydrogens is 448 g/mol. The van der Waals surface area contributed by atoms with E-state index in [0.717, 1.165) is 13.0 Å². The quantitative estimate of drug-likeness (QED) is 0.0521. The second kappa shape index (κ2) is 19.5. The molecule has 1 aliphatic heterocycles. The number of hydrogen-bond acceptors (Lipinski definition) is 10. The Bertz CT molecular complexity index is 552. The maximum absolute atomic E-state index is 10.2. The lowest BCUT2D eigenvalue weighted by Gasteiger charge is -2.14. The van der Waals surface area contributed by atoms with Gasteiger partial charge in [-0.25, -0.2) is 14.7 Å². The van der Waals surface area contributed by atoms with Crippen molar-refractivity contribution < 1.29 is 51.5 Å². The molecule has 1 saturated heterocycles. The van der Waals surface area contributed by atoms with Crippen LogP contribution >= 0.6 is 0 Å². The average Bonchev–Trinajstić information content (AvgIpc) is 3.59. The largest absolute Gasteiger partial charge is 0.446 e. The van der Waals surface area contributed by atoms with Crippen LogP contribution in [0.5, 0.6) is 0 Å². The van der Waals surface area contributed by atoms with E-state index in [9.17, 15) is 8.42 Å². The molecule has 190 valence electrons. The average molecular weight is 487 g/mol. The molecule has 32 heavy (non-hydrogen) atoms. The van der Waals surface area contributed by atoms with Gasteiger partial charge in [-0.1, -0.05) is 71.1 Å². The topological polar surface area (TPSA) is 132 Å². The van der Waals surface area contributed by atoms with Crippen molar-refractivity contribution in [2.75, 3.05) is 26.4 Å². The molecule has 11 nitrogen and oxygen atoms in total. The van der Waals surface area contributed by atoms with Gasteiger partial charge in [-0.2, -0.15) is 8.42 Å². The zero-order valence-electron chi connectivity index (χ0n) is 18.9. The Labute approximate surface area is 190 Å². The third-order valence-electron chi connectivity index (χ3n) is 4.83. The van der Waals surface area contributed by atoms with Gasteiger partial charge in [0.05, 0.1) is 19.3 Å². The van der Waals surface area contributed by atoms with Crippen molar-refractivity contribution in [1.82, 2.24) is 0 Å². The van der Waals surface area contributed by atoms with Gasteiger partial charge in [0.1, 0.15) is 19.5 Å². The highest BCUT2D eigenvalue weighted by Gasteiger charge is 2.32. The lowest BCUT2D eigenvalue weighted by atomic mass is 9.98. The maximum atomic E-state index is 10.2. The monoisotopic (exact) mass is 486 g/mol. The Morgan fingerprint density at radius 1 is 0.906 bits per heavy atom. The van der Waals surface area contributed by atoms with Gasteiger partial charge in [-0.05, 0) is 11.5 Å². The van der Waals surface area contributed by atoms with E-state index < -0.39 is 10.4 Å². The summed E-state index contributed by atoms with van der Waals surface area (Å²) in [6.45, 7) is 3.58. The standard InChI is InChI=1S/C20H38O11S/c1-2-3-4-5-6-7-8-9-10-11-12-19(20-18-24-20)17-28-25-13-14-26-30-31-27-15-16-29-32(21,22)23/h15-16,19-20H,2-14,17-18H2,1H3,(H,21,22,23)/b16-15+. The van der Waals surface area contributed by atoms with Crippen molar-refractivity contribution in [3.63, 3.8) is 0 Å². The molecule has 0 aromatic carbocycles. The molecule has 1 fully saturated rings. The van der Waals surface area contributed by atoms with Crippen LogP contribution < -0.4 is 0 Å². The van der Waals surface area contributed by atoms with E-state index in [1.54, 1.807) is 0 Å². The first-order valence-electron chi connectivity index (χ1n) is 11.3. The Hall–Kier alpha value is -0.990. The van der Waals surface area contributed by atoms with E-state index in [-0.39, 0.29) is 19.3 Å². The minimum Gasteiger partial charge on any atom is -0.373 e. The van der Waals surface area contributed by atoms with E-state index >= 15 is 0 Å². The van der Waals surface area contributed by atoms with Gasteiger partial charge in [0.25, 0.3) is 0 Å². The Kier molecular flexibility index (Phi) is 17.7. The van der Waals surface area contributed by atoms with Crippen molar-refractivity contribution in [3.8, 4) is 0 Å². The highest BCUT2D eigenvalue weighted by atomic mass is 32.3. The van der Waals surface area contributed by atoms with Crippen LogP contribution in [0.15, 0.2) is 12.5 Å². The van der Waals surface area contributed by atoms with Crippen LogP contribution in [0.25, 0.3) is 0 Å². The lowest BCUT2D eigenvalue weighted by Crippen LogP contribution is -2.17. The van der Waals surface area contributed by atoms with Gasteiger partial charge < -0.3 is 13.8 Å². The third kappa shape index (κ3) is 19.7. The molecule has 0 aromatic heterocycles. The first-order chi connectivity index (χ1) is 15.5. The predicted molar refractivity (Wildman–Crippen MR) is 113 cm³/mol. The van der Waals surface area contributed by atoms with Crippen molar-refractivity contribution in [2.45, 2.75) is 83.7 Å².